The monoisotopic (exact) mass is 291 g/mol. The molecule has 2 aromatic rings. The standard InChI is InChI=1S/C13H13N3O3S/c1-18-11-6-8(7-17)2-3-10(11)19-13-9(12(14)20)4-5-15-16-13/h2-6,17H,7H2,1H3,(H2,14,20). The van der Waals surface area contributed by atoms with Gasteiger partial charge in [-0.05, 0) is 23.8 Å². The van der Waals surface area contributed by atoms with Crippen LogP contribution in [-0.2, 0) is 6.61 Å². The van der Waals surface area contributed by atoms with Gasteiger partial charge in [-0.2, -0.15) is 5.10 Å². The van der Waals surface area contributed by atoms with Crippen LogP contribution in [0.25, 0.3) is 0 Å². The van der Waals surface area contributed by atoms with E-state index in [0.29, 0.717) is 22.6 Å². The topological polar surface area (TPSA) is 90.5 Å². The van der Waals surface area contributed by atoms with Crippen molar-refractivity contribution in [3.63, 3.8) is 0 Å². The third-order valence-electron chi connectivity index (χ3n) is 2.57. The lowest BCUT2D eigenvalue weighted by Gasteiger charge is -2.12. The molecular formula is C13H13N3O3S. The molecule has 0 spiro atoms. The van der Waals surface area contributed by atoms with Crippen molar-refractivity contribution in [2.75, 3.05) is 7.11 Å². The zero-order valence-corrected chi connectivity index (χ0v) is 11.6. The maximum absolute atomic E-state index is 9.10. The predicted molar refractivity (Wildman–Crippen MR) is 76.9 cm³/mol. The molecule has 0 radical (unpaired) electrons. The van der Waals surface area contributed by atoms with Crippen molar-refractivity contribution >= 4 is 17.2 Å². The number of methoxy groups -OCH3 is 1. The fourth-order valence-electron chi connectivity index (χ4n) is 1.58. The van der Waals surface area contributed by atoms with E-state index < -0.39 is 0 Å². The molecule has 0 atom stereocenters. The summed E-state index contributed by atoms with van der Waals surface area (Å²) in [5.74, 6) is 1.11. The Kier molecular flexibility index (Phi) is 4.44. The number of rotatable bonds is 5. The first-order chi connectivity index (χ1) is 9.65. The molecule has 3 N–H and O–H groups in total. The molecule has 1 aromatic heterocycles. The number of benzene rings is 1. The molecule has 0 saturated heterocycles. The number of ether oxygens (including phenoxy) is 2. The zero-order valence-electron chi connectivity index (χ0n) is 10.7. The van der Waals surface area contributed by atoms with E-state index in [1.54, 1.807) is 24.3 Å². The van der Waals surface area contributed by atoms with Crippen molar-refractivity contribution in [1.82, 2.24) is 10.2 Å². The minimum Gasteiger partial charge on any atom is -0.493 e. The Labute approximate surface area is 121 Å². The van der Waals surface area contributed by atoms with E-state index in [-0.39, 0.29) is 17.5 Å². The summed E-state index contributed by atoms with van der Waals surface area (Å²) in [6, 6.07) is 6.68. The molecule has 0 bridgehead atoms. The summed E-state index contributed by atoms with van der Waals surface area (Å²) in [6.45, 7) is -0.0834. The van der Waals surface area contributed by atoms with Gasteiger partial charge in [0.05, 0.1) is 25.5 Å². The zero-order chi connectivity index (χ0) is 14.5. The highest BCUT2D eigenvalue weighted by Gasteiger charge is 2.12. The molecule has 0 aliphatic heterocycles. The van der Waals surface area contributed by atoms with Crippen LogP contribution in [0, 0.1) is 0 Å². The molecule has 0 saturated carbocycles. The third-order valence-corrected chi connectivity index (χ3v) is 2.79. The minimum absolute atomic E-state index is 0.0834. The Balaban J connectivity index is 2.37. The molecule has 2 rings (SSSR count). The normalized spacial score (nSPS) is 10.1. The molecule has 6 nitrogen and oxygen atoms in total. The van der Waals surface area contributed by atoms with E-state index in [4.69, 9.17) is 32.5 Å². The van der Waals surface area contributed by atoms with Gasteiger partial charge in [-0.3, -0.25) is 0 Å². The Morgan fingerprint density at radius 2 is 2.15 bits per heavy atom. The minimum atomic E-state index is -0.0834. The first-order valence-electron chi connectivity index (χ1n) is 5.73. The summed E-state index contributed by atoms with van der Waals surface area (Å²) in [4.78, 5) is 0.167. The highest BCUT2D eigenvalue weighted by atomic mass is 32.1. The molecule has 104 valence electrons. The van der Waals surface area contributed by atoms with Gasteiger partial charge >= 0.3 is 0 Å². The van der Waals surface area contributed by atoms with E-state index >= 15 is 0 Å². The summed E-state index contributed by atoms with van der Waals surface area (Å²) >= 11 is 4.93. The molecule has 1 heterocycles. The highest BCUT2D eigenvalue weighted by Crippen LogP contribution is 2.32. The number of thiocarbonyl (C=S) groups is 1. The molecule has 0 aliphatic carbocycles. The number of nitrogens with zero attached hydrogens (tertiary/aromatic N) is 2. The summed E-state index contributed by atoms with van der Waals surface area (Å²) in [5.41, 5.74) is 6.80. The van der Waals surface area contributed by atoms with Crippen molar-refractivity contribution < 1.29 is 14.6 Å². The van der Waals surface area contributed by atoms with E-state index in [1.165, 1.54) is 13.3 Å². The number of hydrogen-bond donors (Lipinski definition) is 2. The van der Waals surface area contributed by atoms with E-state index in [9.17, 15) is 0 Å². The van der Waals surface area contributed by atoms with Crippen molar-refractivity contribution in [1.29, 1.82) is 0 Å². The fourth-order valence-corrected chi connectivity index (χ4v) is 1.74. The Morgan fingerprint density at radius 3 is 2.80 bits per heavy atom. The number of nitrogens with two attached hydrogens (primary N) is 1. The van der Waals surface area contributed by atoms with E-state index in [2.05, 4.69) is 10.2 Å². The van der Waals surface area contributed by atoms with Gasteiger partial charge in [0.15, 0.2) is 11.5 Å². The van der Waals surface area contributed by atoms with Gasteiger partial charge < -0.3 is 20.3 Å². The number of hydrogen-bond acceptors (Lipinski definition) is 6. The maximum atomic E-state index is 9.10. The van der Waals surface area contributed by atoms with Crippen LogP contribution in [0.1, 0.15) is 11.1 Å². The third kappa shape index (κ3) is 3.01. The van der Waals surface area contributed by atoms with Crippen molar-refractivity contribution in [3.05, 3.63) is 41.6 Å². The molecule has 0 fully saturated rings. The van der Waals surface area contributed by atoms with Crippen molar-refractivity contribution in [2.45, 2.75) is 6.61 Å². The second-order valence-electron chi connectivity index (χ2n) is 3.86. The summed E-state index contributed by atoms with van der Waals surface area (Å²) < 4.78 is 10.9. The molecule has 0 amide bonds. The molecule has 0 unspecified atom stereocenters. The Bertz CT molecular complexity index is 634. The van der Waals surface area contributed by atoms with E-state index in [0.717, 1.165) is 0 Å². The molecular weight excluding hydrogens is 278 g/mol. The van der Waals surface area contributed by atoms with Gasteiger partial charge in [-0.15, -0.1) is 5.10 Å². The number of aromatic nitrogens is 2. The largest absolute Gasteiger partial charge is 0.493 e. The predicted octanol–water partition coefficient (Wildman–Crippen LogP) is 1.40. The van der Waals surface area contributed by atoms with Gasteiger partial charge in [0.1, 0.15) is 4.99 Å². The van der Waals surface area contributed by atoms with Gasteiger partial charge in [0, 0.05) is 0 Å². The Hall–Kier alpha value is -2.25. The van der Waals surface area contributed by atoms with Crippen LogP contribution >= 0.6 is 12.2 Å². The van der Waals surface area contributed by atoms with Gasteiger partial charge in [-0.1, -0.05) is 18.3 Å². The molecule has 7 heteroatoms. The van der Waals surface area contributed by atoms with Crippen molar-refractivity contribution in [3.8, 4) is 17.4 Å². The van der Waals surface area contributed by atoms with Crippen LogP contribution in [-0.4, -0.2) is 27.4 Å². The van der Waals surface area contributed by atoms with Gasteiger partial charge in [-0.25, -0.2) is 0 Å². The number of aliphatic hydroxyl groups excluding tert-OH is 1. The van der Waals surface area contributed by atoms with E-state index in [1.807, 2.05) is 0 Å². The van der Waals surface area contributed by atoms with Crippen LogP contribution in [0.4, 0.5) is 0 Å². The van der Waals surface area contributed by atoms with Crippen molar-refractivity contribution in [2.24, 2.45) is 5.73 Å². The average Bonchev–Trinajstić information content (AvgIpc) is 2.48. The second kappa shape index (κ2) is 6.27. The highest BCUT2D eigenvalue weighted by molar-refractivity contribution is 7.80. The fraction of sp³-hybridized carbons (Fsp3) is 0.154. The van der Waals surface area contributed by atoms with Crippen LogP contribution in [0.2, 0.25) is 0 Å². The lowest BCUT2D eigenvalue weighted by Crippen LogP contribution is -2.12. The summed E-state index contributed by atoms with van der Waals surface area (Å²) in [5, 5.41) is 16.7. The van der Waals surface area contributed by atoms with Crippen LogP contribution < -0.4 is 15.2 Å². The smallest absolute Gasteiger partial charge is 0.249 e. The summed E-state index contributed by atoms with van der Waals surface area (Å²) in [6.07, 6.45) is 1.48. The van der Waals surface area contributed by atoms with Crippen LogP contribution in [0.15, 0.2) is 30.5 Å². The Morgan fingerprint density at radius 1 is 1.35 bits per heavy atom. The SMILES string of the molecule is COc1cc(CO)ccc1Oc1nnccc1C(N)=S. The molecule has 1 aromatic carbocycles. The quantitative estimate of drug-likeness (QED) is 0.805. The number of aliphatic hydroxyl groups is 1. The molecule has 0 aliphatic rings. The first-order valence-corrected chi connectivity index (χ1v) is 6.13. The maximum Gasteiger partial charge on any atom is 0.249 e. The first kappa shape index (κ1) is 14.2. The lowest BCUT2D eigenvalue weighted by molar-refractivity contribution is 0.280. The second-order valence-corrected chi connectivity index (χ2v) is 4.30. The van der Waals surface area contributed by atoms with Crippen LogP contribution in [0.3, 0.4) is 0 Å². The van der Waals surface area contributed by atoms with Crippen LogP contribution in [0.5, 0.6) is 17.4 Å². The van der Waals surface area contributed by atoms with Gasteiger partial charge in [0.25, 0.3) is 0 Å². The lowest BCUT2D eigenvalue weighted by atomic mass is 10.2. The molecule has 20 heavy (non-hydrogen) atoms. The average molecular weight is 291 g/mol. The van der Waals surface area contributed by atoms with Gasteiger partial charge in [0.2, 0.25) is 5.88 Å². The summed E-state index contributed by atoms with van der Waals surface area (Å²) in [7, 11) is 1.51.